The molecule has 0 unspecified atom stereocenters. The van der Waals surface area contributed by atoms with Crippen LogP contribution in [0.4, 0.5) is 0 Å². The number of carbonyl (C=O) groups excluding carboxylic acids is 1. The highest BCUT2D eigenvalue weighted by atomic mass is 32.2. The molecule has 2 heterocycles. The van der Waals surface area contributed by atoms with Crippen LogP contribution in [-0.4, -0.2) is 41.5 Å². The van der Waals surface area contributed by atoms with Gasteiger partial charge in [0.15, 0.2) is 0 Å². The zero-order chi connectivity index (χ0) is 18.4. The van der Waals surface area contributed by atoms with Crippen LogP contribution in [0.3, 0.4) is 0 Å². The van der Waals surface area contributed by atoms with Gasteiger partial charge in [0.25, 0.3) is 5.91 Å². The Labute approximate surface area is 164 Å². The van der Waals surface area contributed by atoms with Crippen LogP contribution in [0.5, 0.6) is 0 Å². The Morgan fingerprint density at radius 2 is 2.12 bits per heavy atom. The number of aromatic nitrogens is 1. The standard InChI is InChI=1S/C20H27N3OS2/c1-3-10-23-11-8-17(9-12-23)22-19(24)18-7-5-4-6-16(18)14-26-20-21-15(2)13-25-20/h4-7,13,17H,3,8-12,14H2,1-2H3,(H,22,24). The van der Waals surface area contributed by atoms with Crippen molar-refractivity contribution in [3.8, 4) is 0 Å². The first-order valence-electron chi connectivity index (χ1n) is 9.31. The molecular weight excluding hydrogens is 362 g/mol. The Balaban J connectivity index is 1.57. The third-order valence-electron chi connectivity index (χ3n) is 4.67. The smallest absolute Gasteiger partial charge is 0.251 e. The van der Waals surface area contributed by atoms with Gasteiger partial charge < -0.3 is 10.2 Å². The fraction of sp³-hybridized carbons (Fsp3) is 0.500. The van der Waals surface area contributed by atoms with Gasteiger partial charge >= 0.3 is 0 Å². The highest BCUT2D eigenvalue weighted by Gasteiger charge is 2.21. The number of likely N-dealkylation sites (tertiary alicyclic amines) is 1. The van der Waals surface area contributed by atoms with Crippen molar-refractivity contribution in [1.29, 1.82) is 0 Å². The minimum Gasteiger partial charge on any atom is -0.349 e. The lowest BCUT2D eigenvalue weighted by atomic mass is 10.0. The maximum Gasteiger partial charge on any atom is 0.251 e. The van der Waals surface area contributed by atoms with E-state index in [4.69, 9.17) is 0 Å². The largest absolute Gasteiger partial charge is 0.349 e. The summed E-state index contributed by atoms with van der Waals surface area (Å²) >= 11 is 3.36. The van der Waals surface area contributed by atoms with Crippen LogP contribution in [0.25, 0.3) is 0 Å². The quantitative estimate of drug-likeness (QED) is 0.715. The van der Waals surface area contributed by atoms with Gasteiger partial charge in [-0.25, -0.2) is 4.98 Å². The summed E-state index contributed by atoms with van der Waals surface area (Å²) in [5.41, 5.74) is 2.92. The van der Waals surface area contributed by atoms with Gasteiger partial charge in [0.1, 0.15) is 4.34 Å². The number of amides is 1. The lowest BCUT2D eigenvalue weighted by Gasteiger charge is -2.32. The third kappa shape index (κ3) is 5.32. The first-order chi connectivity index (χ1) is 12.7. The number of thiazole rings is 1. The van der Waals surface area contributed by atoms with E-state index < -0.39 is 0 Å². The molecule has 1 aromatic carbocycles. The van der Waals surface area contributed by atoms with E-state index in [1.165, 1.54) is 6.42 Å². The first kappa shape index (κ1) is 19.4. The maximum atomic E-state index is 12.8. The van der Waals surface area contributed by atoms with Crippen molar-refractivity contribution < 1.29 is 4.79 Å². The van der Waals surface area contributed by atoms with Gasteiger partial charge in [-0.1, -0.05) is 36.9 Å². The Morgan fingerprint density at radius 1 is 1.35 bits per heavy atom. The van der Waals surface area contributed by atoms with Gasteiger partial charge in [0, 0.05) is 41.5 Å². The van der Waals surface area contributed by atoms with E-state index in [0.29, 0.717) is 0 Å². The molecule has 1 amide bonds. The number of thioether (sulfide) groups is 1. The molecule has 1 aliphatic rings. The normalized spacial score (nSPS) is 15.9. The van der Waals surface area contributed by atoms with E-state index in [1.54, 1.807) is 23.1 Å². The summed E-state index contributed by atoms with van der Waals surface area (Å²) in [6, 6.07) is 8.22. The molecule has 3 rings (SSSR count). The zero-order valence-corrected chi connectivity index (χ0v) is 17.2. The summed E-state index contributed by atoms with van der Waals surface area (Å²) in [5.74, 6) is 0.830. The van der Waals surface area contributed by atoms with Gasteiger partial charge in [-0.3, -0.25) is 4.79 Å². The molecule has 140 valence electrons. The molecule has 1 N–H and O–H groups in total. The second-order valence-electron chi connectivity index (χ2n) is 6.79. The summed E-state index contributed by atoms with van der Waals surface area (Å²) < 4.78 is 1.06. The summed E-state index contributed by atoms with van der Waals surface area (Å²) in [5, 5.41) is 5.31. The topological polar surface area (TPSA) is 45.2 Å². The van der Waals surface area contributed by atoms with Crippen LogP contribution in [0.15, 0.2) is 34.0 Å². The second kappa shape index (κ2) is 9.53. The molecule has 1 fully saturated rings. The monoisotopic (exact) mass is 389 g/mol. The number of benzene rings is 1. The van der Waals surface area contributed by atoms with Crippen molar-refractivity contribution in [1.82, 2.24) is 15.2 Å². The van der Waals surface area contributed by atoms with Crippen LogP contribution < -0.4 is 5.32 Å². The van der Waals surface area contributed by atoms with Crippen molar-refractivity contribution in [2.24, 2.45) is 0 Å². The van der Waals surface area contributed by atoms with E-state index in [2.05, 4.69) is 27.5 Å². The van der Waals surface area contributed by atoms with Crippen molar-refractivity contribution >= 4 is 29.0 Å². The summed E-state index contributed by atoms with van der Waals surface area (Å²) in [4.78, 5) is 19.8. The number of hydrogen-bond acceptors (Lipinski definition) is 5. The van der Waals surface area contributed by atoms with E-state index in [9.17, 15) is 4.79 Å². The molecule has 1 aliphatic heterocycles. The number of nitrogens with zero attached hydrogens (tertiary/aromatic N) is 2. The number of aryl methyl sites for hydroxylation is 1. The SMILES string of the molecule is CCCN1CCC(NC(=O)c2ccccc2CSc2nc(C)cs2)CC1. The van der Waals surface area contributed by atoms with Crippen molar-refractivity contribution in [2.75, 3.05) is 19.6 Å². The fourth-order valence-corrected chi connectivity index (χ4v) is 5.14. The summed E-state index contributed by atoms with van der Waals surface area (Å²) in [6.07, 6.45) is 3.28. The molecule has 0 atom stereocenters. The highest BCUT2D eigenvalue weighted by molar-refractivity contribution is 8.00. The van der Waals surface area contributed by atoms with Gasteiger partial charge in [0.2, 0.25) is 0 Å². The van der Waals surface area contributed by atoms with Gasteiger partial charge in [-0.05, 0) is 44.4 Å². The van der Waals surface area contributed by atoms with E-state index >= 15 is 0 Å². The minimum atomic E-state index is 0.0606. The number of carbonyl (C=O) groups is 1. The minimum absolute atomic E-state index is 0.0606. The molecule has 6 heteroatoms. The van der Waals surface area contributed by atoms with Crippen molar-refractivity contribution in [2.45, 2.75) is 49.2 Å². The predicted molar refractivity (Wildman–Crippen MR) is 110 cm³/mol. The molecule has 2 aromatic rings. The van der Waals surface area contributed by atoms with Crippen molar-refractivity contribution in [3.05, 3.63) is 46.5 Å². The van der Waals surface area contributed by atoms with Gasteiger partial charge in [-0.15, -0.1) is 11.3 Å². The predicted octanol–water partition coefficient (Wildman–Crippen LogP) is 4.35. The molecule has 0 aliphatic carbocycles. The Hall–Kier alpha value is -1.37. The number of rotatable bonds is 7. The maximum absolute atomic E-state index is 12.8. The molecule has 26 heavy (non-hydrogen) atoms. The average Bonchev–Trinajstić information content (AvgIpc) is 3.07. The Bertz CT molecular complexity index is 723. The third-order valence-corrected chi connectivity index (χ3v) is 6.86. The van der Waals surface area contributed by atoms with E-state index in [-0.39, 0.29) is 11.9 Å². The van der Waals surface area contributed by atoms with Crippen LogP contribution in [0.1, 0.15) is 47.8 Å². The Morgan fingerprint density at radius 3 is 2.81 bits per heavy atom. The molecule has 1 aromatic heterocycles. The summed E-state index contributed by atoms with van der Waals surface area (Å²) in [7, 11) is 0. The fourth-order valence-electron chi connectivity index (χ4n) is 3.29. The van der Waals surface area contributed by atoms with E-state index in [1.807, 2.05) is 31.2 Å². The lowest BCUT2D eigenvalue weighted by molar-refractivity contribution is 0.0910. The molecule has 0 saturated carbocycles. The average molecular weight is 390 g/mol. The highest BCUT2D eigenvalue weighted by Crippen LogP contribution is 2.27. The van der Waals surface area contributed by atoms with Gasteiger partial charge in [-0.2, -0.15) is 0 Å². The van der Waals surface area contributed by atoms with Gasteiger partial charge in [0.05, 0.1) is 0 Å². The number of piperidine rings is 1. The van der Waals surface area contributed by atoms with E-state index in [0.717, 1.165) is 59.4 Å². The lowest BCUT2D eigenvalue weighted by Crippen LogP contribution is -2.44. The Kier molecular flexibility index (Phi) is 7.11. The number of nitrogens with one attached hydrogen (secondary N) is 1. The zero-order valence-electron chi connectivity index (χ0n) is 15.5. The molecule has 4 nitrogen and oxygen atoms in total. The first-order valence-corrected chi connectivity index (χ1v) is 11.2. The van der Waals surface area contributed by atoms with Crippen LogP contribution in [0.2, 0.25) is 0 Å². The second-order valence-corrected chi connectivity index (χ2v) is 8.87. The molecular formula is C20H27N3OS2. The van der Waals surface area contributed by atoms with Crippen LogP contribution in [-0.2, 0) is 5.75 Å². The van der Waals surface area contributed by atoms with Crippen molar-refractivity contribution in [3.63, 3.8) is 0 Å². The van der Waals surface area contributed by atoms with Crippen LogP contribution in [0, 0.1) is 6.92 Å². The summed E-state index contributed by atoms with van der Waals surface area (Å²) in [6.45, 7) is 7.56. The molecule has 0 radical (unpaired) electrons. The number of hydrogen-bond donors (Lipinski definition) is 1. The molecule has 1 saturated heterocycles. The van der Waals surface area contributed by atoms with Crippen LogP contribution >= 0.6 is 23.1 Å². The molecule has 0 spiro atoms. The molecule has 0 bridgehead atoms.